The fraction of sp³-hybridized carbons (Fsp3) is 0.429. The van der Waals surface area contributed by atoms with Crippen molar-refractivity contribution in [3.8, 4) is 17.3 Å². The summed E-state index contributed by atoms with van der Waals surface area (Å²) in [5.41, 5.74) is 3.38. The number of benzene rings is 2. The molecule has 1 aliphatic heterocycles. The van der Waals surface area contributed by atoms with E-state index in [1.54, 1.807) is 21.7 Å². The average molecular weight is 495 g/mol. The molecule has 2 aromatic carbocycles. The van der Waals surface area contributed by atoms with E-state index >= 15 is 0 Å². The van der Waals surface area contributed by atoms with Crippen LogP contribution in [0.4, 0.5) is 9.18 Å². The Morgan fingerprint density at radius 2 is 2.06 bits per heavy atom. The van der Waals surface area contributed by atoms with Crippen molar-refractivity contribution in [1.82, 2.24) is 20.0 Å². The largest absolute Gasteiger partial charge is 0.439 e. The smallest absolute Gasteiger partial charge is 0.317 e. The minimum Gasteiger partial charge on any atom is -0.439 e. The van der Waals surface area contributed by atoms with E-state index in [1.807, 2.05) is 52.0 Å². The number of hydrogen-bond donors (Lipinski definition) is 1. The van der Waals surface area contributed by atoms with E-state index in [-0.39, 0.29) is 24.0 Å². The van der Waals surface area contributed by atoms with Gasteiger partial charge in [-0.3, -0.25) is 0 Å². The normalized spacial score (nSPS) is 15.3. The first-order valence-corrected chi connectivity index (χ1v) is 12.6. The third-order valence-electron chi connectivity index (χ3n) is 6.13. The second kappa shape index (κ2) is 11.6. The van der Waals surface area contributed by atoms with E-state index in [4.69, 9.17) is 14.6 Å². The summed E-state index contributed by atoms with van der Waals surface area (Å²) >= 11 is 0. The minimum absolute atomic E-state index is 0.0000878. The van der Waals surface area contributed by atoms with E-state index in [9.17, 15) is 9.18 Å². The zero-order chi connectivity index (χ0) is 25.7. The van der Waals surface area contributed by atoms with Gasteiger partial charge in [0.15, 0.2) is 0 Å². The Bertz CT molecular complexity index is 1170. The summed E-state index contributed by atoms with van der Waals surface area (Å²) in [6.45, 7) is 9.42. The number of halogens is 1. The zero-order valence-corrected chi connectivity index (χ0v) is 21.5. The van der Waals surface area contributed by atoms with Gasteiger partial charge in [0.1, 0.15) is 11.6 Å². The van der Waals surface area contributed by atoms with Gasteiger partial charge in [0.2, 0.25) is 5.88 Å². The van der Waals surface area contributed by atoms with Crippen molar-refractivity contribution in [2.45, 2.75) is 65.6 Å². The maximum atomic E-state index is 13.7. The lowest BCUT2D eigenvalue weighted by Gasteiger charge is -2.27. The van der Waals surface area contributed by atoms with Crippen molar-refractivity contribution >= 4 is 6.03 Å². The molecule has 1 atom stereocenters. The molecule has 1 aromatic heterocycles. The molecule has 0 bridgehead atoms. The van der Waals surface area contributed by atoms with Crippen LogP contribution in [0.1, 0.15) is 50.4 Å². The lowest BCUT2D eigenvalue weighted by atomic mass is 10.1. The van der Waals surface area contributed by atoms with E-state index in [0.717, 1.165) is 29.7 Å². The molecule has 4 rings (SSSR count). The van der Waals surface area contributed by atoms with Crippen LogP contribution < -0.4 is 10.1 Å². The molecular weight excluding hydrogens is 459 g/mol. The fourth-order valence-corrected chi connectivity index (χ4v) is 4.36. The highest BCUT2D eigenvalue weighted by molar-refractivity contribution is 5.74. The number of nitrogens with zero attached hydrogens (tertiary/aromatic N) is 3. The van der Waals surface area contributed by atoms with Crippen molar-refractivity contribution in [2.24, 2.45) is 0 Å². The number of rotatable bonds is 9. The Hall–Kier alpha value is -3.39. The quantitative estimate of drug-likeness (QED) is 0.410. The first-order chi connectivity index (χ1) is 17.3. The van der Waals surface area contributed by atoms with Gasteiger partial charge in [0, 0.05) is 19.2 Å². The third kappa shape index (κ3) is 6.23. The number of amides is 2. The van der Waals surface area contributed by atoms with Gasteiger partial charge < -0.3 is 19.7 Å². The minimum atomic E-state index is -0.323. The standard InChI is InChI=1S/C28H35FN4O3/c1-5-26-25(18-32(28(34)30-19(2)3)17-24-10-7-15-35-24)27(36-23-9-6-8-20(4)16-23)33(31-26)22-13-11-21(29)12-14-22/h6,8-9,11-14,16,19,24H,5,7,10,15,17-18H2,1-4H3,(H,30,34). The summed E-state index contributed by atoms with van der Waals surface area (Å²) < 4.78 is 27.7. The molecule has 2 heterocycles. The number of hydrogen-bond acceptors (Lipinski definition) is 4. The molecule has 36 heavy (non-hydrogen) atoms. The van der Waals surface area contributed by atoms with E-state index in [2.05, 4.69) is 5.32 Å². The number of carbonyl (C=O) groups excluding carboxylic acids is 1. The second-order valence-electron chi connectivity index (χ2n) is 9.51. The lowest BCUT2D eigenvalue weighted by Crippen LogP contribution is -2.45. The number of nitrogens with one attached hydrogen (secondary N) is 1. The number of carbonyl (C=O) groups is 1. The van der Waals surface area contributed by atoms with E-state index in [1.165, 1.54) is 12.1 Å². The summed E-state index contributed by atoms with van der Waals surface area (Å²) in [7, 11) is 0. The van der Waals surface area contributed by atoms with Crippen molar-refractivity contribution in [1.29, 1.82) is 0 Å². The SMILES string of the molecule is CCc1nn(-c2ccc(F)cc2)c(Oc2cccc(C)c2)c1CN(CC1CCCO1)C(=O)NC(C)C. The Balaban J connectivity index is 1.76. The Morgan fingerprint density at radius 3 is 2.69 bits per heavy atom. The topological polar surface area (TPSA) is 68.6 Å². The Labute approximate surface area is 212 Å². The highest BCUT2D eigenvalue weighted by atomic mass is 19.1. The number of ether oxygens (including phenoxy) is 2. The summed E-state index contributed by atoms with van der Waals surface area (Å²) in [5, 5.41) is 7.85. The molecular formula is C28H35FN4O3. The van der Waals surface area contributed by atoms with Crippen LogP contribution in [-0.2, 0) is 17.7 Å². The third-order valence-corrected chi connectivity index (χ3v) is 6.13. The second-order valence-corrected chi connectivity index (χ2v) is 9.51. The molecule has 3 aromatic rings. The zero-order valence-electron chi connectivity index (χ0n) is 21.5. The highest BCUT2D eigenvalue weighted by Gasteiger charge is 2.28. The molecule has 0 spiro atoms. The molecule has 1 saturated heterocycles. The van der Waals surface area contributed by atoms with Crippen LogP contribution >= 0.6 is 0 Å². The van der Waals surface area contributed by atoms with Crippen molar-refractivity contribution in [3.63, 3.8) is 0 Å². The Kier molecular flexibility index (Phi) is 8.25. The van der Waals surface area contributed by atoms with Crippen LogP contribution in [0.15, 0.2) is 48.5 Å². The molecule has 0 saturated carbocycles. The molecule has 0 radical (unpaired) electrons. The van der Waals surface area contributed by atoms with Gasteiger partial charge >= 0.3 is 6.03 Å². The van der Waals surface area contributed by atoms with Gasteiger partial charge in [-0.25, -0.2) is 13.9 Å². The monoisotopic (exact) mass is 494 g/mol. The van der Waals surface area contributed by atoms with Crippen LogP contribution in [0, 0.1) is 12.7 Å². The van der Waals surface area contributed by atoms with Gasteiger partial charge in [-0.2, -0.15) is 5.10 Å². The maximum Gasteiger partial charge on any atom is 0.317 e. The van der Waals surface area contributed by atoms with Crippen LogP contribution in [0.2, 0.25) is 0 Å². The highest BCUT2D eigenvalue weighted by Crippen LogP contribution is 2.33. The molecule has 2 amide bonds. The maximum absolute atomic E-state index is 13.7. The first kappa shape index (κ1) is 25.7. The Morgan fingerprint density at radius 1 is 1.28 bits per heavy atom. The number of urea groups is 1. The summed E-state index contributed by atoms with van der Waals surface area (Å²) in [6.07, 6.45) is 2.57. The van der Waals surface area contributed by atoms with Gasteiger partial charge in [-0.1, -0.05) is 19.1 Å². The van der Waals surface area contributed by atoms with Crippen molar-refractivity contribution in [3.05, 3.63) is 71.2 Å². The van der Waals surface area contributed by atoms with Gasteiger partial charge in [-0.15, -0.1) is 0 Å². The molecule has 8 heteroatoms. The van der Waals surface area contributed by atoms with Gasteiger partial charge in [0.25, 0.3) is 0 Å². The van der Waals surface area contributed by atoms with Crippen molar-refractivity contribution in [2.75, 3.05) is 13.2 Å². The molecule has 192 valence electrons. The van der Waals surface area contributed by atoms with Crippen LogP contribution in [0.25, 0.3) is 5.69 Å². The lowest BCUT2D eigenvalue weighted by molar-refractivity contribution is 0.0788. The molecule has 1 N–H and O–H groups in total. The van der Waals surface area contributed by atoms with E-state index in [0.29, 0.717) is 43.4 Å². The molecule has 1 unspecified atom stereocenters. The van der Waals surface area contributed by atoms with Gasteiger partial charge in [-0.05, 0) is 82.0 Å². The summed E-state index contributed by atoms with van der Waals surface area (Å²) in [4.78, 5) is 15.0. The number of aromatic nitrogens is 2. The van der Waals surface area contributed by atoms with Gasteiger partial charge in [0.05, 0.1) is 29.6 Å². The van der Waals surface area contributed by atoms with Crippen LogP contribution in [0.3, 0.4) is 0 Å². The number of aryl methyl sites for hydroxylation is 2. The molecule has 7 nitrogen and oxygen atoms in total. The van der Waals surface area contributed by atoms with E-state index < -0.39 is 0 Å². The molecule has 1 aliphatic rings. The predicted octanol–water partition coefficient (Wildman–Crippen LogP) is 5.77. The summed E-state index contributed by atoms with van der Waals surface area (Å²) in [6, 6.07) is 13.8. The molecule has 0 aliphatic carbocycles. The molecule has 1 fully saturated rings. The van der Waals surface area contributed by atoms with Crippen molar-refractivity contribution < 1.29 is 18.7 Å². The average Bonchev–Trinajstić information content (AvgIpc) is 3.47. The van der Waals surface area contributed by atoms with Crippen LogP contribution in [0.5, 0.6) is 11.6 Å². The first-order valence-electron chi connectivity index (χ1n) is 12.6. The summed E-state index contributed by atoms with van der Waals surface area (Å²) in [5.74, 6) is 0.856. The van der Waals surface area contributed by atoms with Crippen LogP contribution in [-0.4, -0.2) is 46.0 Å². The predicted molar refractivity (Wildman–Crippen MR) is 137 cm³/mol. The fourth-order valence-electron chi connectivity index (χ4n) is 4.36.